The van der Waals surface area contributed by atoms with Gasteiger partial charge < -0.3 is 20.5 Å². The Bertz CT molecular complexity index is 1150. The number of rotatable bonds is 8. The van der Waals surface area contributed by atoms with Crippen LogP contribution >= 0.6 is 0 Å². The zero-order valence-corrected chi connectivity index (χ0v) is 18.7. The number of nitrogens with one attached hydrogen (secondary N) is 2. The van der Waals surface area contributed by atoms with Gasteiger partial charge in [-0.2, -0.15) is 0 Å². The highest BCUT2D eigenvalue weighted by atomic mass is 16.5. The van der Waals surface area contributed by atoms with Crippen LogP contribution in [0.25, 0.3) is 11.1 Å². The third-order valence-corrected chi connectivity index (χ3v) is 5.87. The fourth-order valence-electron chi connectivity index (χ4n) is 4.34. The van der Waals surface area contributed by atoms with Crippen molar-refractivity contribution >= 4 is 18.0 Å². The summed E-state index contributed by atoms with van der Waals surface area (Å²) in [4.78, 5) is 36.6. The minimum Gasteiger partial charge on any atom is -0.481 e. The number of aliphatic carboxylic acids is 1. The van der Waals surface area contributed by atoms with Crippen LogP contribution in [-0.4, -0.2) is 35.7 Å². The number of benzene rings is 3. The minimum atomic E-state index is -1.02. The fraction of sp³-hybridized carbons (Fsp3) is 0.222. The average molecular weight is 459 g/mol. The van der Waals surface area contributed by atoms with Gasteiger partial charge >= 0.3 is 12.1 Å². The largest absolute Gasteiger partial charge is 0.481 e. The Labute approximate surface area is 197 Å². The van der Waals surface area contributed by atoms with Crippen molar-refractivity contribution in [3.63, 3.8) is 0 Å². The molecule has 0 aromatic heterocycles. The quantitative estimate of drug-likeness (QED) is 0.468. The van der Waals surface area contributed by atoms with Gasteiger partial charge in [0.25, 0.3) is 0 Å². The molecule has 0 radical (unpaired) electrons. The van der Waals surface area contributed by atoms with E-state index in [1.165, 1.54) is 0 Å². The van der Waals surface area contributed by atoms with E-state index in [2.05, 4.69) is 22.8 Å². The average Bonchev–Trinajstić information content (AvgIpc) is 3.15. The monoisotopic (exact) mass is 458 g/mol. The highest BCUT2D eigenvalue weighted by Crippen LogP contribution is 2.44. The molecule has 0 aliphatic heterocycles. The molecule has 3 aromatic rings. The molecule has 34 heavy (non-hydrogen) atoms. The molecule has 2 amide bonds. The Morgan fingerprint density at radius 2 is 1.41 bits per heavy atom. The van der Waals surface area contributed by atoms with Gasteiger partial charge in [-0.15, -0.1) is 0 Å². The second kappa shape index (κ2) is 10.2. The number of hydrogen-bond acceptors (Lipinski definition) is 4. The number of amides is 2. The van der Waals surface area contributed by atoms with Crippen LogP contribution in [0.3, 0.4) is 0 Å². The Morgan fingerprint density at radius 3 is 2.00 bits per heavy atom. The zero-order valence-electron chi connectivity index (χ0n) is 18.7. The van der Waals surface area contributed by atoms with E-state index in [-0.39, 0.29) is 18.9 Å². The molecule has 1 aliphatic carbocycles. The van der Waals surface area contributed by atoms with E-state index in [1.807, 2.05) is 36.4 Å². The lowest BCUT2D eigenvalue weighted by atomic mass is 9.98. The summed E-state index contributed by atoms with van der Waals surface area (Å²) in [5.41, 5.74) is 5.01. The van der Waals surface area contributed by atoms with Crippen molar-refractivity contribution in [2.45, 2.75) is 31.3 Å². The van der Waals surface area contributed by atoms with Crippen LogP contribution in [0.15, 0.2) is 78.9 Å². The number of ether oxygens (including phenoxy) is 1. The van der Waals surface area contributed by atoms with Crippen molar-refractivity contribution in [2.75, 3.05) is 6.61 Å². The second-order valence-electron chi connectivity index (χ2n) is 8.32. The maximum absolute atomic E-state index is 12.9. The van der Waals surface area contributed by atoms with Gasteiger partial charge in [-0.3, -0.25) is 9.59 Å². The van der Waals surface area contributed by atoms with Crippen LogP contribution in [0.1, 0.15) is 42.0 Å². The number of carboxylic acids is 1. The molecule has 7 nitrogen and oxygen atoms in total. The summed E-state index contributed by atoms with van der Waals surface area (Å²) in [5, 5.41) is 14.3. The lowest BCUT2D eigenvalue weighted by Gasteiger charge is -2.22. The Morgan fingerprint density at radius 1 is 0.853 bits per heavy atom. The Balaban J connectivity index is 1.46. The van der Waals surface area contributed by atoms with Gasteiger partial charge in [0.15, 0.2) is 0 Å². The standard InChI is InChI=1S/C27H26N2O5/c1-17(15-24(30)31)28-26(32)25(18-9-3-2-4-10-18)29-27(33)34-16-23-21-13-7-5-11-19(21)20-12-6-8-14-22(20)23/h2-14,17,23,25H,15-16H2,1H3,(H,28,32)(H,29,33)(H,30,31)/t17-,25+/m0/s1. The predicted octanol–water partition coefficient (Wildman–Crippen LogP) is 4.25. The van der Waals surface area contributed by atoms with E-state index in [0.29, 0.717) is 5.56 Å². The molecule has 2 atom stereocenters. The molecular formula is C27H26N2O5. The first kappa shape index (κ1) is 23.0. The number of hydrogen-bond donors (Lipinski definition) is 3. The molecule has 0 bridgehead atoms. The normalized spacial score (nSPS) is 13.8. The number of carbonyl (C=O) groups excluding carboxylic acids is 2. The Kier molecular flexibility index (Phi) is 6.92. The van der Waals surface area contributed by atoms with Crippen LogP contribution in [0.4, 0.5) is 4.79 Å². The van der Waals surface area contributed by atoms with Crippen LogP contribution in [-0.2, 0) is 14.3 Å². The molecule has 4 rings (SSSR count). The summed E-state index contributed by atoms with van der Waals surface area (Å²) in [5.74, 6) is -1.63. The van der Waals surface area contributed by atoms with Gasteiger partial charge in [-0.1, -0.05) is 78.9 Å². The molecule has 174 valence electrons. The predicted molar refractivity (Wildman–Crippen MR) is 127 cm³/mol. The van der Waals surface area contributed by atoms with Gasteiger partial charge in [0.2, 0.25) is 5.91 Å². The second-order valence-corrected chi connectivity index (χ2v) is 8.32. The molecule has 3 N–H and O–H groups in total. The van der Waals surface area contributed by atoms with Crippen molar-refractivity contribution in [3.05, 3.63) is 95.6 Å². The molecule has 7 heteroatoms. The van der Waals surface area contributed by atoms with Gasteiger partial charge in [0, 0.05) is 12.0 Å². The highest BCUT2D eigenvalue weighted by molar-refractivity contribution is 5.87. The van der Waals surface area contributed by atoms with E-state index in [0.717, 1.165) is 22.3 Å². The molecular weight excluding hydrogens is 432 g/mol. The van der Waals surface area contributed by atoms with Crippen molar-refractivity contribution in [3.8, 4) is 11.1 Å². The highest BCUT2D eigenvalue weighted by Gasteiger charge is 2.30. The van der Waals surface area contributed by atoms with Crippen molar-refractivity contribution in [1.82, 2.24) is 10.6 Å². The first-order chi connectivity index (χ1) is 16.4. The maximum atomic E-state index is 12.9. The number of carbonyl (C=O) groups is 3. The SMILES string of the molecule is C[C@@H](CC(=O)O)NC(=O)[C@H](NC(=O)OCC1c2ccccc2-c2ccccc21)c1ccccc1. The molecule has 0 saturated carbocycles. The van der Waals surface area contributed by atoms with Gasteiger partial charge in [0.1, 0.15) is 12.6 Å². The van der Waals surface area contributed by atoms with Crippen LogP contribution in [0, 0.1) is 0 Å². The summed E-state index contributed by atoms with van der Waals surface area (Å²) in [7, 11) is 0. The lowest BCUT2D eigenvalue weighted by Crippen LogP contribution is -2.44. The summed E-state index contributed by atoms with van der Waals surface area (Å²) < 4.78 is 5.59. The van der Waals surface area contributed by atoms with E-state index in [4.69, 9.17) is 9.84 Å². The van der Waals surface area contributed by atoms with E-state index in [9.17, 15) is 14.4 Å². The van der Waals surface area contributed by atoms with Gasteiger partial charge in [0.05, 0.1) is 6.42 Å². The van der Waals surface area contributed by atoms with Crippen LogP contribution in [0.2, 0.25) is 0 Å². The van der Waals surface area contributed by atoms with Crippen LogP contribution < -0.4 is 10.6 Å². The van der Waals surface area contributed by atoms with Gasteiger partial charge in [-0.25, -0.2) is 4.79 Å². The number of fused-ring (bicyclic) bond motifs is 3. The van der Waals surface area contributed by atoms with Crippen LogP contribution in [0.5, 0.6) is 0 Å². The summed E-state index contributed by atoms with van der Waals surface area (Å²) >= 11 is 0. The van der Waals surface area contributed by atoms with Crippen molar-refractivity contribution in [1.29, 1.82) is 0 Å². The third-order valence-electron chi connectivity index (χ3n) is 5.87. The molecule has 3 aromatic carbocycles. The first-order valence-corrected chi connectivity index (χ1v) is 11.1. The molecule has 0 saturated heterocycles. The smallest absolute Gasteiger partial charge is 0.408 e. The number of carboxylic acid groups (broad SMARTS) is 1. The molecule has 0 fully saturated rings. The molecule has 0 unspecified atom stereocenters. The number of alkyl carbamates (subject to hydrolysis) is 1. The molecule has 0 heterocycles. The molecule has 1 aliphatic rings. The molecule has 0 spiro atoms. The Hall–Kier alpha value is -4.13. The van der Waals surface area contributed by atoms with E-state index in [1.54, 1.807) is 37.3 Å². The summed E-state index contributed by atoms with van der Waals surface area (Å²) in [6.07, 6.45) is -0.949. The van der Waals surface area contributed by atoms with Gasteiger partial charge in [-0.05, 0) is 34.7 Å². The zero-order chi connectivity index (χ0) is 24.1. The minimum absolute atomic E-state index is 0.0993. The topological polar surface area (TPSA) is 105 Å². The van der Waals surface area contributed by atoms with E-state index < -0.39 is 30.1 Å². The van der Waals surface area contributed by atoms with Crippen molar-refractivity contribution in [2.24, 2.45) is 0 Å². The van der Waals surface area contributed by atoms with Crippen molar-refractivity contribution < 1.29 is 24.2 Å². The lowest BCUT2D eigenvalue weighted by molar-refractivity contribution is -0.137. The van der Waals surface area contributed by atoms with E-state index >= 15 is 0 Å². The third kappa shape index (κ3) is 5.09. The summed E-state index contributed by atoms with van der Waals surface area (Å²) in [6.45, 7) is 1.72. The fourth-order valence-corrected chi connectivity index (χ4v) is 4.34. The maximum Gasteiger partial charge on any atom is 0.408 e. The summed E-state index contributed by atoms with van der Waals surface area (Å²) in [6, 6.07) is 23.2. The first-order valence-electron chi connectivity index (χ1n) is 11.1.